The van der Waals surface area contributed by atoms with Crippen molar-refractivity contribution in [3.63, 3.8) is 0 Å². The molecule has 0 bridgehead atoms. The van der Waals surface area contributed by atoms with Gasteiger partial charge in [-0.2, -0.15) is 5.26 Å². The van der Waals surface area contributed by atoms with Gasteiger partial charge >= 0.3 is 0 Å². The standard InChI is InChI=1S/C19H8Cl6N2/c20-11-4-13(17(24)15(22)6-11)10-3-9(1-2-26)19(27-8-10)14-5-12(21)7-16(23)18(14)25/h3-8H,1H2. The van der Waals surface area contributed by atoms with Crippen molar-refractivity contribution in [3.8, 4) is 28.5 Å². The van der Waals surface area contributed by atoms with Gasteiger partial charge in [0.1, 0.15) is 0 Å². The average molecular weight is 477 g/mol. The topological polar surface area (TPSA) is 36.7 Å². The summed E-state index contributed by atoms with van der Waals surface area (Å²) in [5.41, 5.74) is 2.98. The Kier molecular flexibility index (Phi) is 6.43. The smallest absolute Gasteiger partial charge is 0.0760 e. The summed E-state index contributed by atoms with van der Waals surface area (Å²) in [6.07, 6.45) is 1.71. The zero-order valence-electron chi connectivity index (χ0n) is 13.3. The van der Waals surface area contributed by atoms with Gasteiger partial charge in [0.25, 0.3) is 0 Å². The molecule has 2 nitrogen and oxygen atoms in total. The van der Waals surface area contributed by atoms with Gasteiger partial charge in [-0.05, 0) is 35.9 Å². The molecule has 0 saturated heterocycles. The summed E-state index contributed by atoms with van der Waals surface area (Å²) in [5, 5.41) is 11.4. The zero-order valence-corrected chi connectivity index (χ0v) is 17.9. The third kappa shape index (κ3) is 4.30. The Bertz CT molecular complexity index is 1090. The minimum Gasteiger partial charge on any atom is -0.255 e. The molecular weight excluding hydrogens is 469 g/mol. The van der Waals surface area contributed by atoms with Gasteiger partial charge in [-0.1, -0.05) is 69.6 Å². The van der Waals surface area contributed by atoms with Gasteiger partial charge in [0.15, 0.2) is 0 Å². The number of hydrogen-bond acceptors (Lipinski definition) is 2. The van der Waals surface area contributed by atoms with Crippen molar-refractivity contribution in [2.45, 2.75) is 6.42 Å². The minimum atomic E-state index is 0.0998. The molecule has 0 aliphatic heterocycles. The van der Waals surface area contributed by atoms with E-state index in [4.69, 9.17) is 69.6 Å². The number of pyridine rings is 1. The van der Waals surface area contributed by atoms with Gasteiger partial charge < -0.3 is 0 Å². The minimum absolute atomic E-state index is 0.0998. The first-order chi connectivity index (χ1) is 12.8. The second-order valence-corrected chi connectivity index (χ2v) is 8.01. The molecule has 2 aromatic carbocycles. The summed E-state index contributed by atoms with van der Waals surface area (Å²) < 4.78 is 0. The lowest BCUT2D eigenvalue weighted by atomic mass is 9.99. The van der Waals surface area contributed by atoms with E-state index in [0.29, 0.717) is 58.1 Å². The van der Waals surface area contributed by atoms with Gasteiger partial charge in [-0.15, -0.1) is 0 Å². The van der Waals surface area contributed by atoms with Crippen LogP contribution < -0.4 is 0 Å². The fourth-order valence-electron chi connectivity index (χ4n) is 2.61. The van der Waals surface area contributed by atoms with Crippen LogP contribution in [0.25, 0.3) is 22.4 Å². The van der Waals surface area contributed by atoms with Crippen molar-refractivity contribution in [1.29, 1.82) is 5.26 Å². The van der Waals surface area contributed by atoms with Crippen LogP contribution in [0, 0.1) is 11.3 Å². The molecule has 0 aliphatic carbocycles. The highest BCUT2D eigenvalue weighted by molar-refractivity contribution is 6.45. The molecular formula is C19H8Cl6N2. The van der Waals surface area contributed by atoms with Gasteiger partial charge in [0.2, 0.25) is 0 Å². The van der Waals surface area contributed by atoms with Crippen LogP contribution in [0.15, 0.2) is 36.5 Å². The highest BCUT2D eigenvalue weighted by Crippen LogP contribution is 2.40. The van der Waals surface area contributed by atoms with E-state index in [-0.39, 0.29) is 6.42 Å². The Morgan fingerprint density at radius 1 is 0.778 bits per heavy atom. The van der Waals surface area contributed by atoms with E-state index >= 15 is 0 Å². The van der Waals surface area contributed by atoms with E-state index in [0.717, 1.165) is 0 Å². The van der Waals surface area contributed by atoms with E-state index in [9.17, 15) is 5.26 Å². The van der Waals surface area contributed by atoms with Crippen molar-refractivity contribution in [2.75, 3.05) is 0 Å². The molecule has 0 aliphatic rings. The lowest BCUT2D eigenvalue weighted by molar-refractivity contribution is 1.20. The Hall–Kier alpha value is -1.18. The van der Waals surface area contributed by atoms with Crippen LogP contribution in [0.4, 0.5) is 0 Å². The monoisotopic (exact) mass is 474 g/mol. The molecule has 0 atom stereocenters. The molecule has 136 valence electrons. The van der Waals surface area contributed by atoms with Crippen LogP contribution in [-0.4, -0.2) is 4.98 Å². The van der Waals surface area contributed by atoms with Crippen molar-refractivity contribution < 1.29 is 0 Å². The lowest BCUT2D eigenvalue weighted by Gasteiger charge is -2.13. The summed E-state index contributed by atoms with van der Waals surface area (Å²) >= 11 is 37.1. The van der Waals surface area contributed by atoms with Crippen LogP contribution in [-0.2, 0) is 6.42 Å². The predicted molar refractivity (Wildman–Crippen MR) is 114 cm³/mol. The number of rotatable bonds is 3. The first kappa shape index (κ1) is 20.6. The maximum Gasteiger partial charge on any atom is 0.0760 e. The van der Waals surface area contributed by atoms with Crippen LogP contribution >= 0.6 is 69.6 Å². The van der Waals surface area contributed by atoms with Crippen molar-refractivity contribution >= 4 is 69.6 Å². The van der Waals surface area contributed by atoms with E-state index < -0.39 is 0 Å². The van der Waals surface area contributed by atoms with Crippen LogP contribution in [0.1, 0.15) is 5.56 Å². The molecule has 3 rings (SSSR count). The van der Waals surface area contributed by atoms with E-state index in [2.05, 4.69) is 11.1 Å². The molecule has 27 heavy (non-hydrogen) atoms. The first-order valence-corrected chi connectivity index (χ1v) is 9.74. The number of halogens is 6. The second kappa shape index (κ2) is 8.45. The highest BCUT2D eigenvalue weighted by Gasteiger charge is 2.17. The number of nitrogens with zero attached hydrogens (tertiary/aromatic N) is 2. The summed E-state index contributed by atoms with van der Waals surface area (Å²) in [6.45, 7) is 0. The maximum atomic E-state index is 9.24. The molecule has 1 aromatic heterocycles. The maximum absolute atomic E-state index is 9.24. The van der Waals surface area contributed by atoms with E-state index in [1.807, 2.05) is 0 Å². The highest BCUT2D eigenvalue weighted by atomic mass is 35.5. The zero-order chi connectivity index (χ0) is 19.7. The fraction of sp³-hybridized carbons (Fsp3) is 0.0526. The summed E-state index contributed by atoms with van der Waals surface area (Å²) in [4.78, 5) is 4.49. The Labute approximate surface area is 186 Å². The number of aromatic nitrogens is 1. The van der Waals surface area contributed by atoms with Gasteiger partial charge in [0, 0.05) is 32.9 Å². The third-order valence-corrected chi connectivity index (χ3v) is 5.83. The summed E-state index contributed by atoms with van der Waals surface area (Å²) in [5.74, 6) is 0. The van der Waals surface area contributed by atoms with Crippen molar-refractivity contribution in [1.82, 2.24) is 4.98 Å². The van der Waals surface area contributed by atoms with E-state index in [1.165, 1.54) is 0 Å². The van der Waals surface area contributed by atoms with Gasteiger partial charge in [-0.25, -0.2) is 0 Å². The number of hydrogen-bond donors (Lipinski definition) is 0. The van der Waals surface area contributed by atoms with Crippen LogP contribution in [0.5, 0.6) is 0 Å². The SMILES string of the molecule is N#CCc1cc(-c2cc(Cl)cc(Cl)c2Cl)cnc1-c1cc(Cl)cc(Cl)c1Cl. The third-order valence-electron chi connectivity index (χ3n) is 3.79. The largest absolute Gasteiger partial charge is 0.255 e. The predicted octanol–water partition coefficient (Wildman–Crippen LogP) is 8.40. The van der Waals surface area contributed by atoms with Crippen molar-refractivity contribution in [3.05, 3.63) is 72.2 Å². The molecule has 0 spiro atoms. The molecule has 0 amide bonds. The Balaban J connectivity index is 2.23. The van der Waals surface area contributed by atoms with E-state index in [1.54, 1.807) is 36.5 Å². The fourth-order valence-corrected chi connectivity index (χ4v) is 4.02. The first-order valence-electron chi connectivity index (χ1n) is 7.47. The van der Waals surface area contributed by atoms with Gasteiger partial charge in [-0.3, -0.25) is 4.98 Å². The molecule has 1 heterocycles. The lowest BCUT2D eigenvalue weighted by Crippen LogP contribution is -1.96. The van der Waals surface area contributed by atoms with Crippen molar-refractivity contribution in [2.24, 2.45) is 0 Å². The van der Waals surface area contributed by atoms with Gasteiger partial charge in [0.05, 0.1) is 38.3 Å². The van der Waals surface area contributed by atoms with Crippen LogP contribution in [0.3, 0.4) is 0 Å². The summed E-state index contributed by atoms with van der Waals surface area (Å²) in [7, 11) is 0. The normalized spacial score (nSPS) is 10.7. The second-order valence-electron chi connectivity index (χ2n) is 5.56. The molecule has 3 aromatic rings. The average Bonchev–Trinajstić information content (AvgIpc) is 2.61. The molecule has 8 heteroatoms. The molecule has 0 N–H and O–H groups in total. The molecule has 0 saturated carbocycles. The van der Waals surface area contributed by atoms with Crippen LogP contribution in [0.2, 0.25) is 30.1 Å². The summed E-state index contributed by atoms with van der Waals surface area (Å²) in [6, 6.07) is 10.4. The Morgan fingerprint density at radius 3 is 1.93 bits per heavy atom. The molecule has 0 radical (unpaired) electrons. The number of nitriles is 1. The quantitative estimate of drug-likeness (QED) is 0.356. The molecule has 0 fully saturated rings. The number of benzene rings is 2. The molecule has 0 unspecified atom stereocenters. The Morgan fingerprint density at radius 2 is 1.33 bits per heavy atom.